The number of methoxy groups -OCH3 is 1. The minimum atomic E-state index is -0.486. The Morgan fingerprint density at radius 3 is 2.90 bits per heavy atom. The Morgan fingerprint density at radius 1 is 1.52 bits per heavy atom. The highest BCUT2D eigenvalue weighted by Crippen LogP contribution is 2.30. The van der Waals surface area contributed by atoms with Crippen molar-refractivity contribution < 1.29 is 9.53 Å². The normalized spacial score (nSPS) is 10.4. The van der Waals surface area contributed by atoms with Crippen molar-refractivity contribution in [3.05, 3.63) is 38.8 Å². The third-order valence-electron chi connectivity index (χ3n) is 2.88. The van der Waals surface area contributed by atoms with Crippen molar-refractivity contribution in [2.45, 2.75) is 19.9 Å². The van der Waals surface area contributed by atoms with Crippen molar-refractivity contribution in [3.63, 3.8) is 0 Å². The standard InChI is InChI=1S/C14H16ClN3O2S/c1-3-9-6-17-12(21-9)7-18-13-10(14(19)20-2)4-8(16)5-11(13)15/h4-6,18H,3,7,16H2,1-2H3. The van der Waals surface area contributed by atoms with Crippen molar-refractivity contribution in [2.24, 2.45) is 0 Å². The number of aromatic nitrogens is 1. The third kappa shape index (κ3) is 3.65. The number of carbonyl (C=O) groups is 1. The Morgan fingerprint density at radius 2 is 2.29 bits per heavy atom. The molecule has 0 aliphatic carbocycles. The first kappa shape index (κ1) is 15.6. The third-order valence-corrected chi connectivity index (χ3v) is 4.32. The van der Waals surface area contributed by atoms with E-state index < -0.39 is 5.97 Å². The summed E-state index contributed by atoms with van der Waals surface area (Å²) in [6, 6.07) is 3.13. The number of nitrogens with two attached hydrogens (primary N) is 1. The molecule has 2 aromatic rings. The van der Waals surface area contributed by atoms with Crippen LogP contribution in [0.5, 0.6) is 0 Å². The fourth-order valence-corrected chi connectivity index (χ4v) is 2.93. The summed E-state index contributed by atoms with van der Waals surface area (Å²) >= 11 is 7.79. The van der Waals surface area contributed by atoms with Gasteiger partial charge in [-0.05, 0) is 18.6 Å². The number of halogens is 1. The van der Waals surface area contributed by atoms with Gasteiger partial charge in [-0.2, -0.15) is 0 Å². The van der Waals surface area contributed by atoms with Crippen molar-refractivity contribution >= 4 is 40.3 Å². The quantitative estimate of drug-likeness (QED) is 0.651. The topological polar surface area (TPSA) is 77.2 Å². The predicted octanol–water partition coefficient (Wildman–Crippen LogP) is 3.34. The number of rotatable bonds is 5. The number of anilines is 2. The average molecular weight is 326 g/mol. The maximum Gasteiger partial charge on any atom is 0.340 e. The Labute approximate surface area is 132 Å². The van der Waals surface area contributed by atoms with Crippen LogP contribution in [0.2, 0.25) is 5.02 Å². The van der Waals surface area contributed by atoms with E-state index in [9.17, 15) is 4.79 Å². The van der Waals surface area contributed by atoms with Crippen molar-refractivity contribution in [1.82, 2.24) is 4.98 Å². The van der Waals surface area contributed by atoms with Gasteiger partial charge < -0.3 is 15.8 Å². The second-order valence-corrected chi connectivity index (χ2v) is 5.95. The first-order chi connectivity index (χ1) is 10.0. The van der Waals surface area contributed by atoms with Gasteiger partial charge in [0.15, 0.2) is 0 Å². The van der Waals surface area contributed by atoms with Crippen LogP contribution in [-0.2, 0) is 17.7 Å². The molecular weight excluding hydrogens is 310 g/mol. The van der Waals surface area contributed by atoms with Crippen LogP contribution in [0.3, 0.4) is 0 Å². The minimum Gasteiger partial charge on any atom is -0.465 e. The van der Waals surface area contributed by atoms with Gasteiger partial charge in [0.2, 0.25) is 0 Å². The summed E-state index contributed by atoms with van der Waals surface area (Å²) in [5.74, 6) is -0.486. The number of hydrogen-bond donors (Lipinski definition) is 2. The molecule has 5 nitrogen and oxygen atoms in total. The number of aryl methyl sites for hydroxylation is 1. The lowest BCUT2D eigenvalue weighted by Gasteiger charge is -2.12. The number of nitrogen functional groups attached to an aromatic ring is 1. The van der Waals surface area contributed by atoms with E-state index >= 15 is 0 Å². The van der Waals surface area contributed by atoms with Gasteiger partial charge in [-0.15, -0.1) is 11.3 Å². The maximum absolute atomic E-state index is 11.8. The second-order valence-electron chi connectivity index (χ2n) is 4.34. The zero-order chi connectivity index (χ0) is 15.4. The first-order valence-electron chi connectivity index (χ1n) is 6.40. The van der Waals surface area contributed by atoms with Gasteiger partial charge in [0.1, 0.15) is 5.01 Å². The van der Waals surface area contributed by atoms with E-state index in [0.717, 1.165) is 11.4 Å². The molecule has 0 aliphatic rings. The van der Waals surface area contributed by atoms with Gasteiger partial charge in [0.05, 0.1) is 29.9 Å². The van der Waals surface area contributed by atoms with Crippen LogP contribution >= 0.6 is 22.9 Å². The number of nitrogens with zero attached hydrogens (tertiary/aromatic N) is 1. The molecule has 0 atom stereocenters. The van der Waals surface area contributed by atoms with Crippen LogP contribution in [0.1, 0.15) is 27.2 Å². The zero-order valence-corrected chi connectivity index (χ0v) is 13.3. The second kappa shape index (κ2) is 6.78. The highest BCUT2D eigenvalue weighted by molar-refractivity contribution is 7.11. The Hall–Kier alpha value is -1.79. The summed E-state index contributed by atoms with van der Waals surface area (Å²) in [5.41, 5.74) is 6.95. The molecular formula is C14H16ClN3O2S. The summed E-state index contributed by atoms with van der Waals surface area (Å²) in [6.07, 6.45) is 2.81. The van der Waals surface area contributed by atoms with Crippen molar-refractivity contribution in [1.29, 1.82) is 0 Å². The summed E-state index contributed by atoms with van der Waals surface area (Å²) in [4.78, 5) is 17.3. The molecule has 1 heterocycles. The number of carbonyl (C=O) groups excluding carboxylic acids is 1. The molecule has 0 spiro atoms. The van der Waals surface area contributed by atoms with Crippen molar-refractivity contribution in [2.75, 3.05) is 18.2 Å². The largest absolute Gasteiger partial charge is 0.465 e. The van der Waals surface area contributed by atoms with Gasteiger partial charge in [0, 0.05) is 16.8 Å². The summed E-state index contributed by atoms with van der Waals surface area (Å²) in [7, 11) is 1.32. The molecule has 0 unspecified atom stereocenters. The van der Waals surface area contributed by atoms with Crippen LogP contribution in [0.25, 0.3) is 0 Å². The number of benzene rings is 1. The summed E-state index contributed by atoms with van der Waals surface area (Å²) < 4.78 is 4.75. The van der Waals surface area contributed by atoms with Gasteiger partial charge in [-0.1, -0.05) is 18.5 Å². The molecule has 0 saturated heterocycles. The van der Waals surface area contributed by atoms with Gasteiger partial charge in [-0.25, -0.2) is 9.78 Å². The Balaban J connectivity index is 2.24. The van der Waals surface area contributed by atoms with E-state index in [0.29, 0.717) is 28.5 Å². The number of thiazole rings is 1. The first-order valence-corrected chi connectivity index (χ1v) is 7.59. The summed E-state index contributed by atoms with van der Waals surface area (Å²) in [6.45, 7) is 2.56. The minimum absolute atomic E-state index is 0.315. The molecule has 0 saturated carbocycles. The number of esters is 1. The van der Waals surface area contributed by atoms with E-state index in [1.165, 1.54) is 12.0 Å². The fourth-order valence-electron chi connectivity index (χ4n) is 1.84. The molecule has 0 amide bonds. The Bertz CT molecular complexity index is 658. The van der Waals surface area contributed by atoms with E-state index in [4.69, 9.17) is 22.1 Å². The monoisotopic (exact) mass is 325 g/mol. The van der Waals surface area contributed by atoms with E-state index in [2.05, 4.69) is 17.2 Å². The van der Waals surface area contributed by atoms with Crippen LogP contribution in [0.15, 0.2) is 18.3 Å². The smallest absolute Gasteiger partial charge is 0.340 e. The molecule has 0 bridgehead atoms. The van der Waals surface area contributed by atoms with Gasteiger partial charge in [0.25, 0.3) is 0 Å². The molecule has 1 aromatic carbocycles. The molecule has 0 aliphatic heterocycles. The highest BCUT2D eigenvalue weighted by Gasteiger charge is 2.16. The summed E-state index contributed by atoms with van der Waals surface area (Å²) in [5, 5.41) is 4.44. The van der Waals surface area contributed by atoms with Gasteiger partial charge in [-0.3, -0.25) is 0 Å². The van der Waals surface area contributed by atoms with Crippen LogP contribution in [0, 0.1) is 0 Å². The van der Waals surface area contributed by atoms with Crippen LogP contribution in [0.4, 0.5) is 11.4 Å². The van der Waals surface area contributed by atoms with Crippen LogP contribution < -0.4 is 11.1 Å². The molecule has 112 valence electrons. The molecule has 1 aromatic heterocycles. The lowest BCUT2D eigenvalue weighted by Crippen LogP contribution is -2.09. The van der Waals surface area contributed by atoms with Crippen LogP contribution in [-0.4, -0.2) is 18.1 Å². The number of hydrogen-bond acceptors (Lipinski definition) is 6. The fraction of sp³-hybridized carbons (Fsp3) is 0.286. The molecule has 0 fully saturated rings. The van der Waals surface area contributed by atoms with E-state index in [1.54, 1.807) is 23.5 Å². The lowest BCUT2D eigenvalue weighted by atomic mass is 10.1. The number of ether oxygens (including phenoxy) is 1. The predicted molar refractivity (Wildman–Crippen MR) is 86.0 cm³/mol. The average Bonchev–Trinajstić information content (AvgIpc) is 2.92. The zero-order valence-electron chi connectivity index (χ0n) is 11.8. The maximum atomic E-state index is 11.8. The van der Waals surface area contributed by atoms with E-state index in [1.807, 2.05) is 6.20 Å². The SMILES string of the molecule is CCc1cnc(CNc2c(Cl)cc(N)cc2C(=O)OC)s1. The number of nitrogens with one attached hydrogen (secondary N) is 1. The molecule has 7 heteroatoms. The molecule has 2 rings (SSSR count). The molecule has 3 N–H and O–H groups in total. The van der Waals surface area contributed by atoms with E-state index in [-0.39, 0.29) is 0 Å². The highest BCUT2D eigenvalue weighted by atomic mass is 35.5. The van der Waals surface area contributed by atoms with Crippen molar-refractivity contribution in [3.8, 4) is 0 Å². The Kier molecular flexibility index (Phi) is 5.03. The molecule has 21 heavy (non-hydrogen) atoms. The lowest BCUT2D eigenvalue weighted by molar-refractivity contribution is 0.0602. The van der Waals surface area contributed by atoms with Gasteiger partial charge >= 0.3 is 5.97 Å². The molecule has 0 radical (unpaired) electrons.